The number of halogens is 1. The van der Waals surface area contributed by atoms with E-state index in [4.69, 9.17) is 4.74 Å². The Morgan fingerprint density at radius 1 is 0.953 bits per heavy atom. The van der Waals surface area contributed by atoms with Crippen molar-refractivity contribution in [3.05, 3.63) is 107 Å². The predicted octanol–water partition coefficient (Wildman–Crippen LogP) is 6.99. The van der Waals surface area contributed by atoms with Crippen LogP contribution in [0.1, 0.15) is 43.1 Å². The Kier molecular flexibility index (Phi) is 7.69. The van der Waals surface area contributed by atoms with Crippen LogP contribution in [-0.2, 0) is 11.3 Å². The molecule has 3 aromatic rings. The monoisotopic (exact) mass is 580 g/mol. The van der Waals surface area contributed by atoms with Crippen molar-refractivity contribution in [3.8, 4) is 11.1 Å². The van der Waals surface area contributed by atoms with E-state index >= 15 is 0 Å². The number of allylic oxidation sites excluding steroid dienone is 2. The topological polar surface area (TPSA) is 65.1 Å². The smallest absolute Gasteiger partial charge is 0.410 e. The average Bonchev–Trinajstić information content (AvgIpc) is 3.11. The molecule has 0 bridgehead atoms. The highest BCUT2D eigenvalue weighted by Crippen LogP contribution is 2.36. The molecule has 8 heteroatoms. The number of amides is 2. The largest absolute Gasteiger partial charge is 0.444 e. The van der Waals surface area contributed by atoms with Gasteiger partial charge in [-0.2, -0.15) is 0 Å². The van der Waals surface area contributed by atoms with Crippen LogP contribution in [0, 0.1) is 0 Å². The van der Waals surface area contributed by atoms with Gasteiger partial charge in [0.25, 0.3) is 5.91 Å². The summed E-state index contributed by atoms with van der Waals surface area (Å²) >= 11 is 0. The fraction of sp³-hybridized carbons (Fsp3) is 0.314. The molecule has 0 aromatic heterocycles. The number of fused-ring (bicyclic) bond motifs is 2. The quantitative estimate of drug-likeness (QED) is 0.361. The van der Waals surface area contributed by atoms with Crippen LogP contribution in [0.2, 0.25) is 0 Å². The number of nitrogens with one attached hydrogen (secondary N) is 1. The van der Waals surface area contributed by atoms with E-state index in [0.29, 0.717) is 36.6 Å². The van der Waals surface area contributed by atoms with Crippen LogP contribution >= 0.6 is 0 Å². The van der Waals surface area contributed by atoms with Crippen LogP contribution in [0.3, 0.4) is 0 Å². The van der Waals surface area contributed by atoms with Gasteiger partial charge >= 0.3 is 6.09 Å². The Labute approximate surface area is 252 Å². The molecule has 0 radical (unpaired) electrons. The van der Waals surface area contributed by atoms with E-state index in [1.165, 1.54) is 0 Å². The van der Waals surface area contributed by atoms with Crippen molar-refractivity contribution in [2.24, 2.45) is 0 Å². The molecule has 2 amide bonds. The number of anilines is 2. The zero-order chi connectivity index (χ0) is 30.1. The minimum atomic E-state index is -1.14. The summed E-state index contributed by atoms with van der Waals surface area (Å²) in [5.74, 6) is -0.170. The summed E-state index contributed by atoms with van der Waals surface area (Å²) in [6.45, 7) is 8.63. The third-order valence-electron chi connectivity index (χ3n) is 7.90. The van der Waals surface area contributed by atoms with Gasteiger partial charge in [0, 0.05) is 38.3 Å². The van der Waals surface area contributed by atoms with Gasteiger partial charge in [-0.1, -0.05) is 54.6 Å². The zero-order valence-electron chi connectivity index (χ0n) is 24.8. The van der Waals surface area contributed by atoms with Gasteiger partial charge in [-0.25, -0.2) is 9.18 Å². The van der Waals surface area contributed by atoms with Crippen LogP contribution in [-0.4, -0.2) is 59.8 Å². The summed E-state index contributed by atoms with van der Waals surface area (Å²) in [7, 11) is 0. The van der Waals surface area contributed by atoms with Crippen LogP contribution in [0.15, 0.2) is 96.3 Å². The van der Waals surface area contributed by atoms with Gasteiger partial charge in [-0.15, -0.1) is 0 Å². The lowest BCUT2D eigenvalue weighted by Gasteiger charge is -2.36. The second-order valence-corrected chi connectivity index (χ2v) is 12.2. The van der Waals surface area contributed by atoms with Crippen molar-refractivity contribution >= 4 is 23.4 Å². The number of carbonyl (C=O) groups excluding carboxylic acids is 2. The molecule has 1 atom stereocenters. The molecular weight excluding hydrogens is 543 g/mol. The summed E-state index contributed by atoms with van der Waals surface area (Å²) in [4.78, 5) is 32.2. The van der Waals surface area contributed by atoms with E-state index < -0.39 is 11.8 Å². The molecule has 3 aromatic carbocycles. The summed E-state index contributed by atoms with van der Waals surface area (Å²) in [6.07, 6.45) is 2.24. The summed E-state index contributed by atoms with van der Waals surface area (Å²) < 4.78 is 20.0. The zero-order valence-corrected chi connectivity index (χ0v) is 24.8. The standard InChI is InChI=1S/C35H37FN4O3/c1-35(2,3)43-34(42)39-19-17-38(18-20-39)28-13-9-25(10-14-28)26-11-15-30-29(21-26)33(41)40(23-24-7-5-4-6-8-24)32-22-27(36)12-16-31(32)37-30/h4-11,13-16,21-22,27,37H,12,17-20,23H2,1-3H3. The van der Waals surface area contributed by atoms with Gasteiger partial charge in [0.1, 0.15) is 11.8 Å². The molecule has 222 valence electrons. The first-order chi connectivity index (χ1) is 20.6. The Hall–Kier alpha value is -4.59. The molecule has 43 heavy (non-hydrogen) atoms. The molecule has 0 saturated carbocycles. The van der Waals surface area contributed by atoms with E-state index in [0.717, 1.165) is 41.2 Å². The van der Waals surface area contributed by atoms with E-state index in [1.807, 2.05) is 75.4 Å². The van der Waals surface area contributed by atoms with Crippen molar-refractivity contribution in [1.82, 2.24) is 9.80 Å². The number of hydrogen-bond donors (Lipinski definition) is 1. The van der Waals surface area contributed by atoms with Crippen LogP contribution in [0.25, 0.3) is 11.1 Å². The first-order valence-corrected chi connectivity index (χ1v) is 14.8. The molecule has 1 N–H and O–H groups in total. The second-order valence-electron chi connectivity index (χ2n) is 12.2. The molecule has 1 aliphatic carbocycles. The third kappa shape index (κ3) is 6.28. The molecular formula is C35H37FN4O3. The van der Waals surface area contributed by atoms with Gasteiger partial charge in [-0.05, 0) is 67.8 Å². The maximum atomic E-state index is 14.5. The molecule has 2 aliphatic heterocycles. The third-order valence-corrected chi connectivity index (χ3v) is 7.90. The molecule has 6 rings (SSSR count). The molecule has 1 fully saturated rings. The van der Waals surface area contributed by atoms with Crippen LogP contribution in [0.4, 0.5) is 20.6 Å². The number of alkyl halides is 1. The van der Waals surface area contributed by atoms with Crippen molar-refractivity contribution in [2.75, 3.05) is 36.4 Å². The summed E-state index contributed by atoms with van der Waals surface area (Å²) in [5, 5.41) is 3.40. The number of ether oxygens (including phenoxy) is 1. The van der Waals surface area contributed by atoms with E-state index in [1.54, 1.807) is 15.9 Å². The Balaban J connectivity index is 1.21. The first-order valence-electron chi connectivity index (χ1n) is 14.8. The summed E-state index contributed by atoms with van der Waals surface area (Å²) in [5.41, 5.74) is 6.03. The lowest BCUT2D eigenvalue weighted by molar-refractivity contribution is 0.0240. The number of rotatable bonds is 4. The van der Waals surface area contributed by atoms with Gasteiger partial charge in [0.2, 0.25) is 0 Å². The highest BCUT2D eigenvalue weighted by Gasteiger charge is 2.32. The maximum Gasteiger partial charge on any atom is 0.410 e. The molecule has 1 saturated heterocycles. The predicted molar refractivity (Wildman–Crippen MR) is 168 cm³/mol. The van der Waals surface area contributed by atoms with Crippen LogP contribution < -0.4 is 10.2 Å². The second kappa shape index (κ2) is 11.6. The normalized spacial score (nSPS) is 18.6. The number of hydrogen-bond acceptors (Lipinski definition) is 5. The highest BCUT2D eigenvalue weighted by molar-refractivity contribution is 6.03. The van der Waals surface area contributed by atoms with Crippen molar-refractivity contribution in [1.29, 1.82) is 0 Å². The molecule has 2 heterocycles. The van der Waals surface area contributed by atoms with Gasteiger partial charge in [0.05, 0.1) is 29.2 Å². The molecule has 1 unspecified atom stereocenters. The lowest BCUT2D eigenvalue weighted by Crippen LogP contribution is -2.50. The van der Waals surface area contributed by atoms with Gasteiger partial charge < -0.3 is 24.8 Å². The number of piperazine rings is 1. The average molecular weight is 581 g/mol. The van der Waals surface area contributed by atoms with E-state index in [9.17, 15) is 14.0 Å². The number of benzene rings is 3. The van der Waals surface area contributed by atoms with Gasteiger partial charge in [-0.3, -0.25) is 4.79 Å². The van der Waals surface area contributed by atoms with E-state index in [2.05, 4.69) is 34.5 Å². The number of carbonyl (C=O) groups is 2. The Morgan fingerprint density at radius 3 is 2.35 bits per heavy atom. The molecule has 3 aliphatic rings. The SMILES string of the molecule is CC(C)(C)OC(=O)N1CCN(c2ccc(-c3ccc4c(c3)C(=O)N(Cc3ccccc3)C3=CC(F)CC=C3N4)cc2)CC1. The van der Waals surface area contributed by atoms with Gasteiger partial charge in [0.15, 0.2) is 0 Å². The minimum Gasteiger partial charge on any atom is -0.444 e. The minimum absolute atomic E-state index is 0.170. The molecule has 7 nitrogen and oxygen atoms in total. The number of nitrogens with zero attached hydrogens (tertiary/aromatic N) is 3. The van der Waals surface area contributed by atoms with Crippen molar-refractivity contribution < 1.29 is 18.7 Å². The lowest BCUT2D eigenvalue weighted by atomic mass is 10.0. The first kappa shape index (κ1) is 28.5. The Bertz CT molecular complexity index is 1570. The maximum absolute atomic E-state index is 14.5. The Morgan fingerprint density at radius 2 is 1.65 bits per heavy atom. The van der Waals surface area contributed by atoms with Crippen molar-refractivity contribution in [2.45, 2.75) is 45.5 Å². The molecule has 0 spiro atoms. The highest BCUT2D eigenvalue weighted by atomic mass is 19.1. The van der Waals surface area contributed by atoms with Crippen molar-refractivity contribution in [3.63, 3.8) is 0 Å². The summed E-state index contributed by atoms with van der Waals surface area (Å²) in [6, 6.07) is 23.9. The fourth-order valence-corrected chi connectivity index (χ4v) is 5.69. The van der Waals surface area contributed by atoms with Crippen LogP contribution in [0.5, 0.6) is 0 Å². The fourth-order valence-electron chi connectivity index (χ4n) is 5.69. The van der Waals surface area contributed by atoms with E-state index in [-0.39, 0.29) is 18.4 Å².